The SMILES string of the molecule is CCCCC(NC(C)c1cc(C)sc1C)C(=O)O. The Bertz CT molecular complexity index is 400. The van der Waals surface area contributed by atoms with E-state index >= 15 is 0 Å². The fraction of sp³-hybridized carbons (Fsp3) is 0.643. The van der Waals surface area contributed by atoms with Crippen molar-refractivity contribution in [2.45, 2.75) is 59.0 Å². The lowest BCUT2D eigenvalue weighted by molar-refractivity contribution is -0.139. The highest BCUT2D eigenvalue weighted by molar-refractivity contribution is 7.12. The van der Waals surface area contributed by atoms with Gasteiger partial charge in [0, 0.05) is 15.8 Å². The summed E-state index contributed by atoms with van der Waals surface area (Å²) in [4.78, 5) is 13.7. The van der Waals surface area contributed by atoms with Gasteiger partial charge in [-0.2, -0.15) is 0 Å². The number of rotatable bonds is 7. The first kappa shape index (κ1) is 15.2. The van der Waals surface area contributed by atoms with Crippen LogP contribution >= 0.6 is 11.3 Å². The quantitative estimate of drug-likeness (QED) is 0.794. The topological polar surface area (TPSA) is 49.3 Å². The molecule has 0 bridgehead atoms. The van der Waals surface area contributed by atoms with Crippen LogP contribution in [0.15, 0.2) is 6.07 Å². The third kappa shape index (κ3) is 4.10. The Balaban J connectivity index is 2.68. The highest BCUT2D eigenvalue weighted by atomic mass is 32.1. The smallest absolute Gasteiger partial charge is 0.320 e. The zero-order valence-electron chi connectivity index (χ0n) is 11.6. The van der Waals surface area contributed by atoms with Crippen LogP contribution in [-0.4, -0.2) is 17.1 Å². The molecular weight excluding hydrogens is 246 g/mol. The summed E-state index contributed by atoms with van der Waals surface area (Å²) < 4.78 is 0. The minimum absolute atomic E-state index is 0.0907. The molecule has 1 aromatic heterocycles. The summed E-state index contributed by atoms with van der Waals surface area (Å²) in [6.07, 6.45) is 2.66. The van der Waals surface area contributed by atoms with Crippen molar-refractivity contribution in [2.75, 3.05) is 0 Å². The second kappa shape index (κ2) is 6.90. The standard InChI is InChI=1S/C14H23NO2S/c1-5-6-7-13(14(16)17)15-10(3)12-8-9(2)18-11(12)4/h8,10,13,15H,5-7H2,1-4H3,(H,16,17). The lowest BCUT2D eigenvalue weighted by Crippen LogP contribution is -2.38. The third-order valence-corrected chi connectivity index (χ3v) is 4.12. The fourth-order valence-electron chi connectivity index (χ4n) is 2.16. The predicted molar refractivity (Wildman–Crippen MR) is 76.3 cm³/mol. The average Bonchev–Trinajstić information content (AvgIpc) is 2.63. The lowest BCUT2D eigenvalue weighted by atomic mass is 10.1. The van der Waals surface area contributed by atoms with Crippen LogP contribution in [0.4, 0.5) is 0 Å². The summed E-state index contributed by atoms with van der Waals surface area (Å²) in [6.45, 7) is 8.29. The minimum atomic E-state index is -0.750. The predicted octanol–water partition coefficient (Wildman–Crippen LogP) is 3.66. The zero-order valence-corrected chi connectivity index (χ0v) is 12.4. The molecule has 1 aromatic rings. The van der Waals surface area contributed by atoms with E-state index in [9.17, 15) is 9.90 Å². The van der Waals surface area contributed by atoms with E-state index in [1.807, 2.05) is 6.92 Å². The molecule has 0 aliphatic rings. The Morgan fingerprint density at radius 1 is 1.50 bits per heavy atom. The van der Waals surface area contributed by atoms with E-state index in [0.29, 0.717) is 6.42 Å². The molecule has 0 aliphatic heterocycles. The van der Waals surface area contributed by atoms with Crippen molar-refractivity contribution in [1.29, 1.82) is 0 Å². The highest BCUT2D eigenvalue weighted by Gasteiger charge is 2.21. The van der Waals surface area contributed by atoms with Gasteiger partial charge in [0.2, 0.25) is 0 Å². The van der Waals surface area contributed by atoms with Crippen molar-refractivity contribution < 1.29 is 9.90 Å². The first-order valence-corrected chi connectivity index (χ1v) is 7.33. The minimum Gasteiger partial charge on any atom is -0.480 e. The molecule has 0 amide bonds. The molecule has 2 unspecified atom stereocenters. The molecule has 2 N–H and O–H groups in total. The van der Waals surface area contributed by atoms with Crippen molar-refractivity contribution in [3.05, 3.63) is 21.4 Å². The molecule has 2 atom stereocenters. The maximum Gasteiger partial charge on any atom is 0.320 e. The molecular formula is C14H23NO2S. The van der Waals surface area contributed by atoms with Crippen LogP contribution in [0.25, 0.3) is 0 Å². The molecule has 0 fully saturated rings. The fourth-order valence-corrected chi connectivity index (χ4v) is 3.18. The highest BCUT2D eigenvalue weighted by Crippen LogP contribution is 2.26. The second-order valence-corrected chi connectivity index (χ2v) is 6.25. The molecule has 0 radical (unpaired) electrons. The number of hydrogen-bond donors (Lipinski definition) is 2. The van der Waals surface area contributed by atoms with Crippen LogP contribution in [0, 0.1) is 13.8 Å². The number of carboxylic acid groups (broad SMARTS) is 1. The normalized spacial score (nSPS) is 14.4. The molecule has 1 heterocycles. The van der Waals surface area contributed by atoms with E-state index in [1.54, 1.807) is 11.3 Å². The van der Waals surface area contributed by atoms with Crippen LogP contribution in [0.3, 0.4) is 0 Å². The van der Waals surface area contributed by atoms with Crippen molar-refractivity contribution in [1.82, 2.24) is 5.32 Å². The van der Waals surface area contributed by atoms with Crippen LogP contribution < -0.4 is 5.32 Å². The summed E-state index contributed by atoms with van der Waals surface area (Å²) in [5, 5.41) is 12.4. The molecule has 1 rings (SSSR count). The van der Waals surface area contributed by atoms with Gasteiger partial charge in [-0.05, 0) is 38.8 Å². The van der Waals surface area contributed by atoms with Gasteiger partial charge >= 0.3 is 5.97 Å². The summed E-state index contributed by atoms with van der Waals surface area (Å²) in [6, 6.07) is 1.80. The molecule has 0 aromatic carbocycles. The number of unbranched alkanes of at least 4 members (excludes halogenated alkanes) is 1. The lowest BCUT2D eigenvalue weighted by Gasteiger charge is -2.20. The summed E-state index contributed by atoms with van der Waals surface area (Å²) in [5.41, 5.74) is 1.22. The number of carbonyl (C=O) groups is 1. The summed E-state index contributed by atoms with van der Waals surface area (Å²) >= 11 is 1.76. The molecule has 3 nitrogen and oxygen atoms in total. The number of aliphatic carboxylic acids is 1. The van der Waals surface area contributed by atoms with E-state index < -0.39 is 12.0 Å². The summed E-state index contributed by atoms with van der Waals surface area (Å²) in [5.74, 6) is -0.750. The van der Waals surface area contributed by atoms with Crippen molar-refractivity contribution in [3.63, 3.8) is 0 Å². The second-order valence-electron chi connectivity index (χ2n) is 4.79. The van der Waals surface area contributed by atoms with E-state index in [1.165, 1.54) is 15.3 Å². The molecule has 0 saturated carbocycles. The van der Waals surface area contributed by atoms with Gasteiger partial charge in [-0.1, -0.05) is 19.8 Å². The van der Waals surface area contributed by atoms with Crippen molar-refractivity contribution in [3.8, 4) is 0 Å². The Morgan fingerprint density at radius 2 is 2.17 bits per heavy atom. The van der Waals surface area contributed by atoms with Crippen molar-refractivity contribution in [2.24, 2.45) is 0 Å². The molecule has 102 valence electrons. The maximum atomic E-state index is 11.2. The van der Waals surface area contributed by atoms with Gasteiger partial charge in [-0.3, -0.25) is 10.1 Å². The Kier molecular flexibility index (Phi) is 5.82. The van der Waals surface area contributed by atoms with Crippen LogP contribution in [-0.2, 0) is 4.79 Å². The monoisotopic (exact) mass is 269 g/mol. The number of nitrogens with one attached hydrogen (secondary N) is 1. The van der Waals surface area contributed by atoms with Gasteiger partial charge in [-0.25, -0.2) is 0 Å². The van der Waals surface area contributed by atoms with Crippen LogP contribution in [0.2, 0.25) is 0 Å². The number of thiophene rings is 1. The molecule has 4 heteroatoms. The molecule has 18 heavy (non-hydrogen) atoms. The summed E-state index contributed by atoms with van der Waals surface area (Å²) in [7, 11) is 0. The number of aryl methyl sites for hydroxylation is 2. The van der Waals surface area contributed by atoms with Gasteiger partial charge in [0.05, 0.1) is 0 Å². The van der Waals surface area contributed by atoms with E-state index in [4.69, 9.17) is 0 Å². The van der Waals surface area contributed by atoms with Gasteiger partial charge in [0.25, 0.3) is 0 Å². The average molecular weight is 269 g/mol. The molecule has 0 spiro atoms. The Hall–Kier alpha value is -0.870. The molecule has 0 saturated heterocycles. The van der Waals surface area contributed by atoms with Gasteiger partial charge in [-0.15, -0.1) is 11.3 Å². The van der Waals surface area contributed by atoms with Gasteiger partial charge in [0.1, 0.15) is 6.04 Å². The van der Waals surface area contributed by atoms with Crippen LogP contribution in [0.5, 0.6) is 0 Å². The van der Waals surface area contributed by atoms with Gasteiger partial charge < -0.3 is 5.11 Å². The Morgan fingerprint density at radius 3 is 2.61 bits per heavy atom. The first-order chi connectivity index (χ1) is 8.45. The van der Waals surface area contributed by atoms with Gasteiger partial charge in [0.15, 0.2) is 0 Å². The van der Waals surface area contributed by atoms with Crippen LogP contribution in [0.1, 0.15) is 54.5 Å². The van der Waals surface area contributed by atoms with E-state index in [0.717, 1.165) is 12.8 Å². The largest absolute Gasteiger partial charge is 0.480 e. The molecule has 0 aliphatic carbocycles. The third-order valence-electron chi connectivity index (χ3n) is 3.14. The van der Waals surface area contributed by atoms with Crippen molar-refractivity contribution >= 4 is 17.3 Å². The van der Waals surface area contributed by atoms with E-state index in [2.05, 4.69) is 32.2 Å². The first-order valence-electron chi connectivity index (χ1n) is 6.51. The van der Waals surface area contributed by atoms with E-state index in [-0.39, 0.29) is 6.04 Å². The zero-order chi connectivity index (χ0) is 13.7. The number of hydrogen-bond acceptors (Lipinski definition) is 3. The Labute approximate surface area is 113 Å². The number of carboxylic acids is 1. The maximum absolute atomic E-state index is 11.2.